The van der Waals surface area contributed by atoms with Crippen molar-refractivity contribution in [3.63, 3.8) is 0 Å². The van der Waals surface area contributed by atoms with E-state index in [0.29, 0.717) is 40.1 Å². The number of hydrogen-bond acceptors (Lipinski definition) is 11. The lowest BCUT2D eigenvalue weighted by molar-refractivity contribution is -0.187. The molecule has 55 heavy (non-hydrogen) atoms. The highest BCUT2D eigenvalue weighted by Crippen LogP contribution is 2.50. The summed E-state index contributed by atoms with van der Waals surface area (Å²) in [6.07, 6.45) is 2.82. The molecule has 4 bridgehead atoms. The van der Waals surface area contributed by atoms with Crippen molar-refractivity contribution in [3.8, 4) is 5.75 Å². The molecule has 3 aromatic rings. The number of epoxide rings is 1. The van der Waals surface area contributed by atoms with Crippen molar-refractivity contribution >= 4 is 57.5 Å². The number of pyridine rings is 1. The molecule has 1 aromatic heterocycles. The maximum absolute atomic E-state index is 14.2. The fourth-order valence-corrected chi connectivity index (χ4v) is 7.74. The molecule has 3 aliphatic rings. The van der Waals surface area contributed by atoms with E-state index in [9.17, 15) is 19.5 Å². The van der Waals surface area contributed by atoms with Crippen molar-refractivity contribution in [2.45, 2.75) is 95.9 Å². The van der Waals surface area contributed by atoms with Gasteiger partial charge in [-0.05, 0) is 62.2 Å². The summed E-state index contributed by atoms with van der Waals surface area (Å²) in [6.45, 7) is 9.52. The van der Waals surface area contributed by atoms with Crippen LogP contribution in [0.1, 0.15) is 59.4 Å². The number of carbonyl (C=O) groups is 3. The second kappa shape index (κ2) is 17.0. The van der Waals surface area contributed by atoms with Crippen molar-refractivity contribution < 1.29 is 43.2 Å². The van der Waals surface area contributed by atoms with Crippen molar-refractivity contribution in [1.82, 2.24) is 4.98 Å². The number of aromatic nitrogens is 1. The van der Waals surface area contributed by atoms with E-state index < -0.39 is 59.5 Å². The number of benzene rings is 2. The molecule has 14 heteroatoms. The molecule has 6 rings (SSSR count). The zero-order valence-electron chi connectivity index (χ0n) is 32.6. The molecule has 7 atom stereocenters. The molecule has 296 valence electrons. The van der Waals surface area contributed by atoms with Gasteiger partial charge in [-0.25, -0.2) is 4.79 Å². The van der Waals surface area contributed by atoms with Gasteiger partial charge >= 0.3 is 12.1 Å². The lowest BCUT2D eigenvalue weighted by Crippen LogP contribution is -2.53. The van der Waals surface area contributed by atoms with Crippen LogP contribution in [0.4, 0.5) is 21.9 Å². The van der Waals surface area contributed by atoms with Crippen molar-refractivity contribution in [2.75, 3.05) is 37.2 Å². The largest absolute Gasteiger partial charge is 0.495 e. The quantitative estimate of drug-likeness (QED) is 0.145. The number of amides is 2. The molecule has 2 fully saturated rings. The summed E-state index contributed by atoms with van der Waals surface area (Å²) >= 11 is 6.77. The Morgan fingerprint density at radius 1 is 1.18 bits per heavy atom. The smallest absolute Gasteiger partial charge is 0.412 e. The Balaban J connectivity index is 0.00000285. The predicted molar refractivity (Wildman–Crippen MR) is 211 cm³/mol. The summed E-state index contributed by atoms with van der Waals surface area (Å²) in [5.41, 5.74) is 6.91. The molecule has 3 aliphatic heterocycles. The Bertz CT molecular complexity index is 1990. The van der Waals surface area contributed by atoms with E-state index in [4.69, 9.17) is 41.0 Å². The minimum absolute atomic E-state index is 0.0669. The maximum atomic E-state index is 14.2. The number of anilines is 3. The van der Waals surface area contributed by atoms with Crippen LogP contribution in [0.15, 0.2) is 66.4 Å². The second-order valence-electron chi connectivity index (χ2n) is 14.2. The molecular weight excluding hydrogens is 728 g/mol. The van der Waals surface area contributed by atoms with Crippen LogP contribution in [0.25, 0.3) is 10.9 Å². The SMILES string of the molecule is CC.COc1cc2cc(c1Cl)N(C)C(=O)C[C@H](OC(=O)Nc1ccc(N)c3ncccc13)[C@]1(C)O[C@H]1[C@H](C)[C@@H]1C[C@@](O)(CC(=O)O1)[C@H](OC)/C=C/C=C(\C)C2. The van der Waals surface area contributed by atoms with E-state index in [1.54, 1.807) is 62.7 Å². The summed E-state index contributed by atoms with van der Waals surface area (Å²) in [5, 5.41) is 15.5. The second-order valence-corrected chi connectivity index (χ2v) is 14.6. The number of allylic oxidation sites excluding steroid dienone is 3. The first-order valence-corrected chi connectivity index (χ1v) is 18.8. The summed E-state index contributed by atoms with van der Waals surface area (Å²) in [6, 6.07) is 10.4. The highest BCUT2D eigenvalue weighted by atomic mass is 35.5. The Labute approximate surface area is 326 Å². The molecule has 4 N–H and O–H groups in total. The van der Waals surface area contributed by atoms with Crippen LogP contribution in [-0.4, -0.2) is 84.9 Å². The number of rotatable bonds is 4. The van der Waals surface area contributed by atoms with Crippen LogP contribution in [-0.2, 0) is 35.0 Å². The third-order valence-corrected chi connectivity index (χ3v) is 10.9. The first-order valence-electron chi connectivity index (χ1n) is 18.4. The minimum atomic E-state index is -1.57. The van der Waals surface area contributed by atoms with Crippen LogP contribution in [0.5, 0.6) is 5.75 Å². The van der Waals surface area contributed by atoms with E-state index in [1.807, 2.05) is 39.8 Å². The highest BCUT2D eigenvalue weighted by molar-refractivity contribution is 6.35. The molecule has 0 unspecified atom stereocenters. The molecule has 2 saturated heterocycles. The van der Waals surface area contributed by atoms with Gasteiger partial charge in [0.1, 0.15) is 40.3 Å². The zero-order valence-corrected chi connectivity index (χ0v) is 33.3. The molecule has 0 radical (unpaired) electrons. The lowest BCUT2D eigenvalue weighted by atomic mass is 9.78. The predicted octanol–water partition coefficient (Wildman–Crippen LogP) is 6.78. The molecular formula is C41H51ClN4O9. The van der Waals surface area contributed by atoms with Crippen LogP contribution >= 0.6 is 11.6 Å². The first-order chi connectivity index (χ1) is 26.2. The van der Waals surface area contributed by atoms with Crippen LogP contribution < -0.4 is 20.7 Å². The Morgan fingerprint density at radius 2 is 1.93 bits per heavy atom. The number of nitrogens with one attached hydrogen (secondary N) is 1. The zero-order chi connectivity index (χ0) is 40.2. The number of ether oxygens (including phenoxy) is 5. The van der Waals surface area contributed by atoms with Gasteiger partial charge in [-0.15, -0.1) is 0 Å². The van der Waals surface area contributed by atoms with E-state index in [1.165, 1.54) is 19.1 Å². The Kier molecular flexibility index (Phi) is 12.8. The molecule has 2 amide bonds. The number of hydrogen-bond donors (Lipinski definition) is 3. The number of esters is 1. The average molecular weight is 779 g/mol. The van der Waals surface area contributed by atoms with E-state index in [0.717, 1.165) is 11.1 Å². The maximum Gasteiger partial charge on any atom is 0.412 e. The summed E-state index contributed by atoms with van der Waals surface area (Å²) in [4.78, 5) is 46.5. The van der Waals surface area contributed by atoms with Gasteiger partial charge in [0.25, 0.3) is 0 Å². The van der Waals surface area contributed by atoms with E-state index in [-0.39, 0.29) is 24.3 Å². The third kappa shape index (κ3) is 8.75. The fourth-order valence-electron chi connectivity index (χ4n) is 7.43. The lowest BCUT2D eigenvalue weighted by Gasteiger charge is -2.41. The molecule has 0 spiro atoms. The molecule has 2 aromatic carbocycles. The van der Waals surface area contributed by atoms with Crippen LogP contribution in [0.2, 0.25) is 5.02 Å². The van der Waals surface area contributed by atoms with E-state index >= 15 is 0 Å². The average Bonchev–Trinajstić information content (AvgIpc) is 3.86. The summed E-state index contributed by atoms with van der Waals surface area (Å²) in [5.74, 6) is -1.09. The number of halogens is 1. The molecule has 0 aliphatic carbocycles. The van der Waals surface area contributed by atoms with Gasteiger partial charge in [-0.3, -0.25) is 19.9 Å². The standard InChI is InChI=1S/C39H45ClN4O9.C2H6/c1-21-9-7-11-30(50-6)39(48)19-29(51-33(46)20-39)22(2)36-38(3,53-36)31(18-32(45)44(4)27-16-23(15-21)17-28(49-5)34(27)40)52-37(47)43-26-13-12-25(41)35-24(26)10-8-14-42-35;1-2/h7-14,16-17,22,29-31,36,48H,15,18-20,41H2,1-6H3,(H,43,47);1-2H3/b11-7+,21-9+;/t22-,29+,30-,31+,36+,38+,39-;/m1./s1. The van der Waals surface area contributed by atoms with Gasteiger partial charge in [-0.2, -0.15) is 0 Å². The van der Waals surface area contributed by atoms with Crippen molar-refractivity contribution in [1.29, 1.82) is 0 Å². The van der Waals surface area contributed by atoms with Gasteiger partial charge in [0.05, 0.1) is 48.6 Å². The number of fused-ring (bicyclic) bond motifs is 6. The fraction of sp³-hybridized carbons (Fsp3) is 0.463. The Morgan fingerprint density at radius 3 is 2.64 bits per heavy atom. The first kappa shape index (κ1) is 41.5. The number of nitrogen functional groups attached to an aromatic ring is 1. The van der Waals surface area contributed by atoms with Gasteiger partial charge in [0.2, 0.25) is 5.91 Å². The number of aliphatic hydroxyl groups is 1. The van der Waals surface area contributed by atoms with Gasteiger partial charge < -0.3 is 39.4 Å². The van der Waals surface area contributed by atoms with Gasteiger partial charge in [-0.1, -0.05) is 56.2 Å². The number of nitrogens with two attached hydrogens (primary N) is 1. The van der Waals surface area contributed by atoms with E-state index in [2.05, 4.69) is 10.3 Å². The highest BCUT2D eigenvalue weighted by Gasteiger charge is 2.64. The Hall–Kier alpha value is -4.69. The summed E-state index contributed by atoms with van der Waals surface area (Å²) < 4.78 is 29.4. The molecule has 0 saturated carbocycles. The monoisotopic (exact) mass is 778 g/mol. The normalized spacial score (nSPS) is 29.7. The number of methoxy groups -OCH3 is 2. The van der Waals surface area contributed by atoms with Crippen molar-refractivity contribution in [2.24, 2.45) is 5.92 Å². The van der Waals surface area contributed by atoms with Crippen LogP contribution in [0, 0.1) is 5.92 Å². The molecule has 4 heterocycles. The minimum Gasteiger partial charge on any atom is -0.495 e. The third-order valence-electron chi connectivity index (χ3n) is 10.5. The topological polar surface area (TPSA) is 175 Å². The van der Waals surface area contributed by atoms with Gasteiger partial charge in [0.15, 0.2) is 0 Å². The number of nitrogens with zero attached hydrogens (tertiary/aromatic N) is 2. The van der Waals surface area contributed by atoms with Gasteiger partial charge in [0, 0.05) is 38.1 Å². The molecule has 13 nitrogen and oxygen atoms in total. The summed E-state index contributed by atoms with van der Waals surface area (Å²) in [7, 11) is 4.57. The number of carbonyl (C=O) groups excluding carboxylic acids is 3. The van der Waals surface area contributed by atoms with Crippen molar-refractivity contribution in [3.05, 3.63) is 77.0 Å². The van der Waals surface area contributed by atoms with Crippen LogP contribution in [0.3, 0.4) is 0 Å².